The van der Waals surface area contributed by atoms with Gasteiger partial charge in [-0.05, 0) is 41.1 Å². The van der Waals surface area contributed by atoms with E-state index in [0.29, 0.717) is 17.9 Å². The van der Waals surface area contributed by atoms with Gasteiger partial charge in [-0.2, -0.15) is 0 Å². The van der Waals surface area contributed by atoms with Gasteiger partial charge in [0.2, 0.25) is 0 Å². The molecule has 1 rings (SSSR count). The molecule has 0 aliphatic heterocycles. The largest absolute Gasteiger partial charge is 0.398 e. The van der Waals surface area contributed by atoms with Gasteiger partial charge in [0.05, 0.1) is 0 Å². The Morgan fingerprint density at radius 3 is 2.86 bits per heavy atom. The molecule has 1 aromatic rings. The highest BCUT2D eigenvalue weighted by Crippen LogP contribution is 2.22. The lowest BCUT2D eigenvalue weighted by Crippen LogP contribution is -2.28. The number of rotatable bonds is 2. The Morgan fingerprint density at radius 1 is 1.57 bits per heavy atom. The molecule has 1 aromatic carbocycles. The lowest BCUT2D eigenvalue weighted by Gasteiger charge is -2.06. The van der Waals surface area contributed by atoms with Gasteiger partial charge in [-0.25, -0.2) is 4.79 Å². The summed E-state index contributed by atoms with van der Waals surface area (Å²) in [6.45, 7) is 2.46. The van der Waals surface area contributed by atoms with Crippen molar-refractivity contribution in [2.75, 3.05) is 17.6 Å². The molecule has 0 aromatic heterocycles. The van der Waals surface area contributed by atoms with Gasteiger partial charge in [-0.15, -0.1) is 0 Å². The van der Waals surface area contributed by atoms with Crippen LogP contribution in [0.1, 0.15) is 6.92 Å². The monoisotopic (exact) mass is 257 g/mol. The Balaban J connectivity index is 2.68. The maximum Gasteiger partial charge on any atom is 0.319 e. The third-order valence-corrected chi connectivity index (χ3v) is 2.28. The van der Waals surface area contributed by atoms with Gasteiger partial charge in [0.1, 0.15) is 0 Å². The van der Waals surface area contributed by atoms with E-state index in [1.165, 1.54) is 0 Å². The fourth-order valence-corrected chi connectivity index (χ4v) is 1.32. The fraction of sp³-hybridized carbons (Fsp3) is 0.222. The molecule has 0 spiro atoms. The number of urea groups is 1. The first-order valence-corrected chi connectivity index (χ1v) is 5.02. The Bertz CT molecular complexity index is 341. The number of carbonyl (C=O) groups is 1. The third-order valence-electron chi connectivity index (χ3n) is 1.60. The lowest BCUT2D eigenvalue weighted by atomic mass is 10.3. The topological polar surface area (TPSA) is 67.2 Å². The predicted molar refractivity (Wildman–Crippen MR) is 61.2 cm³/mol. The van der Waals surface area contributed by atoms with Gasteiger partial charge >= 0.3 is 6.03 Å². The molecule has 14 heavy (non-hydrogen) atoms. The Kier molecular flexibility index (Phi) is 3.76. The van der Waals surface area contributed by atoms with Crippen LogP contribution in [0.2, 0.25) is 0 Å². The normalized spacial score (nSPS) is 9.57. The molecule has 0 aliphatic carbocycles. The molecule has 0 aliphatic rings. The molecule has 0 fully saturated rings. The zero-order chi connectivity index (χ0) is 10.6. The average molecular weight is 258 g/mol. The van der Waals surface area contributed by atoms with Crippen LogP contribution >= 0.6 is 15.9 Å². The summed E-state index contributed by atoms with van der Waals surface area (Å²) in [5.74, 6) is 0. The van der Waals surface area contributed by atoms with E-state index in [1.807, 2.05) is 6.92 Å². The van der Waals surface area contributed by atoms with Crippen molar-refractivity contribution in [3.63, 3.8) is 0 Å². The van der Waals surface area contributed by atoms with Crippen molar-refractivity contribution in [2.24, 2.45) is 0 Å². The Hall–Kier alpha value is -1.23. The second kappa shape index (κ2) is 4.85. The van der Waals surface area contributed by atoms with Crippen molar-refractivity contribution in [2.45, 2.75) is 6.92 Å². The molecule has 5 heteroatoms. The zero-order valence-electron chi connectivity index (χ0n) is 7.80. The molecule has 0 unspecified atom stereocenters. The van der Waals surface area contributed by atoms with Crippen LogP contribution in [0.15, 0.2) is 22.7 Å². The zero-order valence-corrected chi connectivity index (χ0v) is 9.39. The number of anilines is 2. The van der Waals surface area contributed by atoms with E-state index in [0.717, 1.165) is 4.47 Å². The highest BCUT2D eigenvalue weighted by Gasteiger charge is 2.01. The van der Waals surface area contributed by atoms with E-state index in [1.54, 1.807) is 18.2 Å². The molecule has 0 atom stereocenters. The van der Waals surface area contributed by atoms with Gasteiger partial charge in [0.15, 0.2) is 0 Å². The number of nitrogen functional groups attached to an aromatic ring is 1. The maximum absolute atomic E-state index is 11.1. The van der Waals surface area contributed by atoms with Crippen molar-refractivity contribution in [1.29, 1.82) is 0 Å². The van der Waals surface area contributed by atoms with Crippen molar-refractivity contribution in [3.8, 4) is 0 Å². The number of amides is 2. The van der Waals surface area contributed by atoms with E-state index in [-0.39, 0.29) is 6.03 Å². The highest BCUT2D eigenvalue weighted by atomic mass is 79.9. The summed E-state index contributed by atoms with van der Waals surface area (Å²) in [4.78, 5) is 11.1. The summed E-state index contributed by atoms with van der Waals surface area (Å²) in [7, 11) is 0. The minimum atomic E-state index is -0.218. The summed E-state index contributed by atoms with van der Waals surface area (Å²) in [5, 5.41) is 5.31. The lowest BCUT2D eigenvalue weighted by molar-refractivity contribution is 0.252. The van der Waals surface area contributed by atoms with Crippen LogP contribution < -0.4 is 16.4 Å². The van der Waals surface area contributed by atoms with Crippen molar-refractivity contribution in [3.05, 3.63) is 22.7 Å². The van der Waals surface area contributed by atoms with E-state index in [2.05, 4.69) is 26.6 Å². The van der Waals surface area contributed by atoms with Crippen LogP contribution in [-0.2, 0) is 0 Å². The summed E-state index contributed by atoms with van der Waals surface area (Å²) in [6.07, 6.45) is 0. The first-order valence-electron chi connectivity index (χ1n) is 4.23. The number of nitrogens with one attached hydrogen (secondary N) is 2. The number of hydrogen-bond donors (Lipinski definition) is 3. The second-order valence-electron chi connectivity index (χ2n) is 2.72. The van der Waals surface area contributed by atoms with Crippen molar-refractivity contribution >= 4 is 33.3 Å². The quantitative estimate of drug-likeness (QED) is 0.711. The fourth-order valence-electron chi connectivity index (χ4n) is 0.941. The van der Waals surface area contributed by atoms with E-state index >= 15 is 0 Å². The minimum absolute atomic E-state index is 0.218. The molecule has 0 bridgehead atoms. The molecule has 0 radical (unpaired) electrons. The van der Waals surface area contributed by atoms with Crippen LogP contribution in [0.5, 0.6) is 0 Å². The number of halogens is 1. The van der Waals surface area contributed by atoms with Gasteiger partial charge < -0.3 is 16.4 Å². The molecule has 0 heterocycles. The van der Waals surface area contributed by atoms with Crippen LogP contribution in [-0.4, -0.2) is 12.6 Å². The van der Waals surface area contributed by atoms with E-state index in [9.17, 15) is 4.79 Å². The highest BCUT2D eigenvalue weighted by molar-refractivity contribution is 9.10. The molecule has 0 saturated carbocycles. The van der Waals surface area contributed by atoms with Crippen LogP contribution in [0, 0.1) is 0 Å². The standard InChI is InChI=1S/C9H12BrN3O/c1-2-12-9(14)13-6-3-4-8(11)7(10)5-6/h3-5H,2,11H2,1H3,(H2,12,13,14). The van der Waals surface area contributed by atoms with Gasteiger partial charge in [-0.1, -0.05) is 0 Å². The molecular weight excluding hydrogens is 246 g/mol. The molecule has 4 N–H and O–H groups in total. The number of carbonyl (C=O) groups excluding carboxylic acids is 1. The maximum atomic E-state index is 11.1. The average Bonchev–Trinajstić information content (AvgIpc) is 2.12. The first kappa shape index (κ1) is 10.8. The van der Waals surface area contributed by atoms with Gasteiger partial charge in [0, 0.05) is 22.4 Å². The smallest absolute Gasteiger partial charge is 0.319 e. The van der Waals surface area contributed by atoms with E-state index in [4.69, 9.17) is 5.73 Å². The van der Waals surface area contributed by atoms with Crippen LogP contribution in [0.3, 0.4) is 0 Å². The Morgan fingerprint density at radius 2 is 2.29 bits per heavy atom. The summed E-state index contributed by atoms with van der Waals surface area (Å²) >= 11 is 3.28. The molecule has 0 saturated heterocycles. The minimum Gasteiger partial charge on any atom is -0.398 e. The van der Waals surface area contributed by atoms with Gasteiger partial charge in [-0.3, -0.25) is 0 Å². The van der Waals surface area contributed by atoms with Crippen molar-refractivity contribution < 1.29 is 4.79 Å². The van der Waals surface area contributed by atoms with Crippen LogP contribution in [0.25, 0.3) is 0 Å². The third kappa shape index (κ3) is 2.92. The molecule has 4 nitrogen and oxygen atoms in total. The summed E-state index contributed by atoms with van der Waals surface area (Å²) in [6, 6.07) is 5.01. The van der Waals surface area contributed by atoms with Gasteiger partial charge in [0.25, 0.3) is 0 Å². The number of hydrogen-bond acceptors (Lipinski definition) is 2. The second-order valence-corrected chi connectivity index (χ2v) is 3.58. The number of benzene rings is 1. The molecule has 76 valence electrons. The molecule has 2 amide bonds. The summed E-state index contributed by atoms with van der Waals surface area (Å²) in [5.41, 5.74) is 6.95. The Labute approximate surface area is 91.0 Å². The SMILES string of the molecule is CCNC(=O)Nc1ccc(N)c(Br)c1. The molecular formula is C9H12BrN3O. The van der Waals surface area contributed by atoms with E-state index < -0.39 is 0 Å². The first-order chi connectivity index (χ1) is 6.63. The predicted octanol–water partition coefficient (Wildman–Crippen LogP) is 2.17. The number of nitrogens with two attached hydrogens (primary N) is 1. The summed E-state index contributed by atoms with van der Waals surface area (Å²) < 4.78 is 0.770. The van der Waals surface area contributed by atoms with Crippen LogP contribution in [0.4, 0.5) is 16.2 Å². The van der Waals surface area contributed by atoms with Crippen molar-refractivity contribution in [1.82, 2.24) is 5.32 Å².